The van der Waals surface area contributed by atoms with E-state index in [0.717, 1.165) is 12.8 Å². The van der Waals surface area contributed by atoms with E-state index in [1.807, 2.05) is 16.1 Å². The van der Waals surface area contributed by atoms with E-state index < -0.39 is 7.92 Å². The quantitative estimate of drug-likeness (QED) is 0.757. The summed E-state index contributed by atoms with van der Waals surface area (Å²) in [6.45, 7) is 0. The second kappa shape index (κ2) is 6.61. The van der Waals surface area contributed by atoms with Gasteiger partial charge in [-0.05, 0) is 37.2 Å². The minimum Gasteiger partial charge on any atom is -0.273 e. The van der Waals surface area contributed by atoms with E-state index >= 15 is 0 Å². The summed E-state index contributed by atoms with van der Waals surface area (Å²) in [5.41, 5.74) is 2.49. The SMILES string of the molecule is O=C1CCC(=O)N2C(C3=CC=CC3)P(c3ccccc3)C(C3=CC=CC3)N12. The maximum atomic E-state index is 13.0. The van der Waals surface area contributed by atoms with E-state index in [1.54, 1.807) is 0 Å². The summed E-state index contributed by atoms with van der Waals surface area (Å²) < 4.78 is 0. The fourth-order valence-corrected chi connectivity index (χ4v) is 7.82. The second-order valence-corrected chi connectivity index (χ2v) is 9.52. The molecule has 27 heavy (non-hydrogen) atoms. The number of allylic oxidation sites excluding steroid dienone is 6. The number of nitrogens with zero attached hydrogens (tertiary/aromatic N) is 2. The fourth-order valence-electron chi connectivity index (χ4n) is 4.43. The molecule has 1 aromatic rings. The zero-order chi connectivity index (χ0) is 18.4. The third-order valence-electron chi connectivity index (χ3n) is 5.60. The Balaban J connectivity index is 1.69. The third-order valence-corrected chi connectivity index (χ3v) is 8.65. The maximum Gasteiger partial charge on any atom is 0.242 e. The van der Waals surface area contributed by atoms with Gasteiger partial charge in [0, 0.05) is 12.8 Å². The molecule has 2 heterocycles. The van der Waals surface area contributed by atoms with Crippen molar-refractivity contribution in [2.75, 3.05) is 0 Å². The minimum atomic E-state index is -0.799. The molecule has 136 valence electrons. The van der Waals surface area contributed by atoms with Crippen LogP contribution in [-0.4, -0.2) is 33.4 Å². The Morgan fingerprint density at radius 1 is 0.778 bits per heavy atom. The lowest BCUT2D eigenvalue weighted by atomic mass is 10.1. The number of hydrogen-bond donors (Lipinski definition) is 0. The van der Waals surface area contributed by atoms with Crippen LogP contribution in [0.3, 0.4) is 0 Å². The zero-order valence-electron chi connectivity index (χ0n) is 15.0. The van der Waals surface area contributed by atoms with Gasteiger partial charge in [-0.15, -0.1) is 0 Å². The fraction of sp³-hybridized carbons (Fsp3) is 0.273. The van der Waals surface area contributed by atoms with Gasteiger partial charge in [-0.1, -0.05) is 66.8 Å². The number of hydrogen-bond acceptors (Lipinski definition) is 2. The summed E-state index contributed by atoms with van der Waals surface area (Å²) in [6, 6.07) is 10.5. The first-order valence-electron chi connectivity index (χ1n) is 9.44. The van der Waals surface area contributed by atoms with Gasteiger partial charge >= 0.3 is 0 Å². The summed E-state index contributed by atoms with van der Waals surface area (Å²) in [6.07, 6.45) is 15.0. The lowest BCUT2D eigenvalue weighted by Crippen LogP contribution is -2.54. The van der Waals surface area contributed by atoms with Gasteiger partial charge in [0.2, 0.25) is 11.8 Å². The molecule has 0 spiro atoms. The first-order chi connectivity index (χ1) is 13.3. The average Bonchev–Trinajstić information content (AvgIpc) is 3.44. The monoisotopic (exact) mass is 376 g/mol. The summed E-state index contributed by atoms with van der Waals surface area (Å²) in [7, 11) is -0.799. The molecule has 5 heteroatoms. The first kappa shape index (κ1) is 16.7. The largest absolute Gasteiger partial charge is 0.273 e. The molecule has 0 N–H and O–H groups in total. The van der Waals surface area contributed by atoms with Gasteiger partial charge in [-0.2, -0.15) is 0 Å². The van der Waals surface area contributed by atoms with Crippen LogP contribution in [0.5, 0.6) is 0 Å². The molecule has 2 aliphatic heterocycles. The molecule has 2 atom stereocenters. The molecule has 0 aromatic heterocycles. The highest BCUT2D eigenvalue weighted by atomic mass is 31.1. The van der Waals surface area contributed by atoms with E-state index in [9.17, 15) is 9.59 Å². The van der Waals surface area contributed by atoms with Crippen molar-refractivity contribution in [3.8, 4) is 0 Å². The molecular weight excluding hydrogens is 355 g/mol. The van der Waals surface area contributed by atoms with E-state index in [1.165, 1.54) is 16.5 Å². The highest BCUT2D eigenvalue weighted by Crippen LogP contribution is 2.61. The van der Waals surface area contributed by atoms with Crippen LogP contribution in [0.4, 0.5) is 0 Å². The summed E-state index contributed by atoms with van der Waals surface area (Å²) in [5, 5.41) is 4.87. The van der Waals surface area contributed by atoms with Crippen molar-refractivity contribution in [3.05, 3.63) is 77.9 Å². The Morgan fingerprint density at radius 3 is 1.74 bits per heavy atom. The predicted molar refractivity (Wildman–Crippen MR) is 107 cm³/mol. The van der Waals surface area contributed by atoms with Gasteiger partial charge in [0.15, 0.2) is 0 Å². The molecular formula is C22H21N2O2P. The van der Waals surface area contributed by atoms with Gasteiger partial charge in [0.05, 0.1) is 0 Å². The summed E-state index contributed by atoms with van der Waals surface area (Å²) >= 11 is 0. The Morgan fingerprint density at radius 2 is 1.30 bits per heavy atom. The van der Waals surface area contributed by atoms with Gasteiger partial charge in [0.1, 0.15) is 11.6 Å². The van der Waals surface area contributed by atoms with Crippen molar-refractivity contribution in [2.45, 2.75) is 37.2 Å². The van der Waals surface area contributed by atoms with Crippen LogP contribution < -0.4 is 5.30 Å². The number of carbonyl (C=O) groups excluding carboxylic acids is 2. The van der Waals surface area contributed by atoms with Gasteiger partial charge in [-0.3, -0.25) is 9.59 Å². The van der Waals surface area contributed by atoms with E-state index in [-0.39, 0.29) is 23.4 Å². The van der Waals surface area contributed by atoms with Crippen LogP contribution in [0.2, 0.25) is 0 Å². The molecule has 2 fully saturated rings. The molecule has 0 saturated carbocycles. The molecule has 2 unspecified atom stereocenters. The number of fused-ring (bicyclic) bond motifs is 1. The van der Waals surface area contributed by atoms with Crippen molar-refractivity contribution >= 4 is 25.0 Å². The van der Waals surface area contributed by atoms with Crippen molar-refractivity contribution in [3.63, 3.8) is 0 Å². The van der Waals surface area contributed by atoms with E-state index in [2.05, 4.69) is 60.7 Å². The second-order valence-electron chi connectivity index (χ2n) is 7.21. The standard InChI is InChI=1S/C22H21N2O2P/c25-19-14-15-20(26)24-22(17-10-6-7-11-17)27(18-12-2-1-3-13-18)21(23(19)24)16-8-4-5-9-16/h1-8,10,12-13,21-22H,9,11,14-15H2. The number of carbonyl (C=O) groups is 2. The van der Waals surface area contributed by atoms with Gasteiger partial charge in [0.25, 0.3) is 0 Å². The van der Waals surface area contributed by atoms with Crippen LogP contribution in [0, 0.1) is 0 Å². The Labute approximate surface area is 160 Å². The Hall–Kier alpha value is -2.45. The Kier molecular flexibility index (Phi) is 4.09. The predicted octanol–water partition coefficient (Wildman–Crippen LogP) is 3.60. The van der Waals surface area contributed by atoms with Gasteiger partial charge < -0.3 is 0 Å². The van der Waals surface area contributed by atoms with Gasteiger partial charge in [-0.25, -0.2) is 10.0 Å². The highest BCUT2D eigenvalue weighted by Gasteiger charge is 2.55. The summed E-state index contributed by atoms with van der Waals surface area (Å²) in [5.74, 6) is 0.0658. The van der Waals surface area contributed by atoms with E-state index in [0.29, 0.717) is 12.8 Å². The van der Waals surface area contributed by atoms with Crippen LogP contribution in [-0.2, 0) is 9.59 Å². The number of hydrazine groups is 1. The highest BCUT2D eigenvalue weighted by molar-refractivity contribution is 7.67. The van der Waals surface area contributed by atoms with Crippen LogP contribution in [0.1, 0.15) is 25.7 Å². The molecule has 1 aromatic carbocycles. The van der Waals surface area contributed by atoms with E-state index in [4.69, 9.17) is 0 Å². The number of rotatable bonds is 3. The number of amides is 2. The third kappa shape index (κ3) is 2.62. The van der Waals surface area contributed by atoms with Crippen LogP contribution >= 0.6 is 7.92 Å². The molecule has 0 radical (unpaired) electrons. The van der Waals surface area contributed by atoms with Crippen LogP contribution in [0.25, 0.3) is 0 Å². The zero-order valence-corrected chi connectivity index (χ0v) is 15.9. The molecule has 4 nitrogen and oxygen atoms in total. The minimum absolute atomic E-state index is 0.0411. The maximum absolute atomic E-state index is 13.0. The number of benzene rings is 1. The lowest BCUT2D eigenvalue weighted by Gasteiger charge is -2.38. The van der Waals surface area contributed by atoms with Crippen molar-refractivity contribution in [2.24, 2.45) is 0 Å². The molecule has 0 bridgehead atoms. The average molecular weight is 376 g/mol. The topological polar surface area (TPSA) is 40.6 Å². The lowest BCUT2D eigenvalue weighted by molar-refractivity contribution is -0.169. The molecule has 2 aliphatic carbocycles. The smallest absolute Gasteiger partial charge is 0.242 e. The van der Waals surface area contributed by atoms with Crippen molar-refractivity contribution in [1.82, 2.24) is 10.0 Å². The first-order valence-corrected chi connectivity index (χ1v) is 10.9. The normalized spacial score (nSPS) is 29.4. The molecule has 2 amide bonds. The molecule has 2 saturated heterocycles. The molecule has 5 rings (SSSR count). The summed E-state index contributed by atoms with van der Waals surface area (Å²) in [4.78, 5) is 26.0. The van der Waals surface area contributed by atoms with Crippen LogP contribution in [0.15, 0.2) is 77.9 Å². The molecule has 4 aliphatic rings. The van der Waals surface area contributed by atoms with Crippen molar-refractivity contribution in [1.29, 1.82) is 0 Å². The Bertz CT molecular complexity index is 860. The van der Waals surface area contributed by atoms with Crippen molar-refractivity contribution < 1.29 is 9.59 Å².